The highest BCUT2D eigenvalue weighted by molar-refractivity contribution is 14.0. The maximum Gasteiger partial charge on any atom is 0.193 e. The fraction of sp³-hybridized carbons (Fsp3) is 0.611. The second-order valence-electron chi connectivity index (χ2n) is 7.11. The monoisotopic (exact) mass is 444 g/mol. The van der Waals surface area contributed by atoms with Crippen LogP contribution in [0.2, 0.25) is 0 Å². The number of halogens is 1. The minimum atomic E-state index is -0.0593. The van der Waals surface area contributed by atoms with Gasteiger partial charge in [0.15, 0.2) is 5.96 Å². The van der Waals surface area contributed by atoms with E-state index in [2.05, 4.69) is 47.3 Å². The summed E-state index contributed by atoms with van der Waals surface area (Å²) in [4.78, 5) is 6.84. The summed E-state index contributed by atoms with van der Waals surface area (Å²) in [6, 6.07) is 6.50. The highest BCUT2D eigenvalue weighted by atomic mass is 127. The standard InChI is InChI=1S/C18H28N4O.HI/c1-18(2)13-22(10-11-23-18)9-8-20-17(19)21-16-7-6-14-4-3-5-15(14)12-16;/h6-7,12H,3-5,8-11,13H2,1-2H3,(H3,19,20,21);1H. The van der Waals surface area contributed by atoms with Crippen LogP contribution < -0.4 is 11.1 Å². The molecule has 1 aromatic carbocycles. The molecule has 1 aliphatic heterocycles. The molecule has 6 heteroatoms. The molecule has 0 amide bonds. The number of hydrogen-bond acceptors (Lipinski definition) is 3. The average molecular weight is 444 g/mol. The Morgan fingerprint density at radius 3 is 2.92 bits per heavy atom. The van der Waals surface area contributed by atoms with Gasteiger partial charge >= 0.3 is 0 Å². The van der Waals surface area contributed by atoms with E-state index in [9.17, 15) is 0 Å². The number of morpholine rings is 1. The molecule has 0 atom stereocenters. The number of rotatable bonds is 4. The van der Waals surface area contributed by atoms with E-state index in [1.54, 1.807) is 0 Å². The van der Waals surface area contributed by atoms with Gasteiger partial charge in [0.2, 0.25) is 0 Å². The number of guanidine groups is 1. The van der Waals surface area contributed by atoms with Crippen molar-refractivity contribution in [2.75, 3.05) is 38.1 Å². The maximum atomic E-state index is 6.02. The van der Waals surface area contributed by atoms with E-state index in [0.717, 1.165) is 31.9 Å². The lowest BCUT2D eigenvalue weighted by Gasteiger charge is -2.37. The summed E-state index contributed by atoms with van der Waals surface area (Å²) in [5.74, 6) is 0.496. The lowest BCUT2D eigenvalue weighted by atomic mass is 10.1. The largest absolute Gasteiger partial charge is 0.373 e. The average Bonchev–Trinajstić information content (AvgIpc) is 2.93. The highest BCUT2D eigenvalue weighted by Gasteiger charge is 2.26. The zero-order valence-corrected chi connectivity index (χ0v) is 17.0. The van der Waals surface area contributed by atoms with Crippen LogP contribution >= 0.6 is 24.0 Å². The van der Waals surface area contributed by atoms with Gasteiger partial charge in [-0.15, -0.1) is 24.0 Å². The maximum absolute atomic E-state index is 6.02. The van der Waals surface area contributed by atoms with Crippen LogP contribution in [0.25, 0.3) is 0 Å². The minimum Gasteiger partial charge on any atom is -0.373 e. The van der Waals surface area contributed by atoms with E-state index in [1.165, 1.54) is 30.4 Å². The van der Waals surface area contributed by atoms with Gasteiger partial charge in [0, 0.05) is 25.3 Å². The van der Waals surface area contributed by atoms with Crippen LogP contribution in [-0.4, -0.2) is 49.2 Å². The summed E-state index contributed by atoms with van der Waals surface area (Å²) in [6.07, 6.45) is 3.64. The zero-order chi connectivity index (χ0) is 16.3. The van der Waals surface area contributed by atoms with Crippen molar-refractivity contribution in [2.45, 2.75) is 38.7 Å². The molecule has 0 unspecified atom stereocenters. The van der Waals surface area contributed by atoms with Crippen LogP contribution in [0.1, 0.15) is 31.4 Å². The van der Waals surface area contributed by atoms with E-state index >= 15 is 0 Å². The summed E-state index contributed by atoms with van der Waals surface area (Å²) < 4.78 is 5.72. The summed E-state index contributed by atoms with van der Waals surface area (Å²) in [7, 11) is 0. The van der Waals surface area contributed by atoms with Gasteiger partial charge in [0.25, 0.3) is 0 Å². The third kappa shape index (κ3) is 5.32. The van der Waals surface area contributed by atoms with Gasteiger partial charge in [-0.25, -0.2) is 0 Å². The lowest BCUT2D eigenvalue weighted by Crippen LogP contribution is -2.49. The summed E-state index contributed by atoms with van der Waals surface area (Å²) in [5.41, 5.74) is 9.91. The third-order valence-electron chi connectivity index (χ3n) is 4.57. The molecular weight excluding hydrogens is 415 g/mol. The van der Waals surface area contributed by atoms with Crippen LogP contribution in [0.15, 0.2) is 23.2 Å². The fourth-order valence-electron chi connectivity index (χ4n) is 3.45. The van der Waals surface area contributed by atoms with Crippen molar-refractivity contribution < 1.29 is 4.74 Å². The van der Waals surface area contributed by atoms with Crippen LogP contribution in [0.5, 0.6) is 0 Å². The number of anilines is 1. The van der Waals surface area contributed by atoms with Gasteiger partial charge in [-0.3, -0.25) is 9.89 Å². The van der Waals surface area contributed by atoms with Crippen molar-refractivity contribution in [2.24, 2.45) is 10.7 Å². The molecule has 0 aromatic heterocycles. The summed E-state index contributed by atoms with van der Waals surface area (Å²) in [5, 5.41) is 3.21. The second kappa shape index (κ2) is 8.49. The van der Waals surface area contributed by atoms with Crippen molar-refractivity contribution in [1.82, 2.24) is 4.90 Å². The molecule has 0 radical (unpaired) electrons. The number of aryl methyl sites for hydroxylation is 2. The molecule has 1 fully saturated rings. The van der Waals surface area contributed by atoms with Crippen LogP contribution in [0, 0.1) is 0 Å². The Morgan fingerprint density at radius 2 is 2.12 bits per heavy atom. The molecule has 134 valence electrons. The molecule has 24 heavy (non-hydrogen) atoms. The first-order chi connectivity index (χ1) is 11.0. The Kier molecular flexibility index (Phi) is 6.88. The van der Waals surface area contributed by atoms with Crippen molar-refractivity contribution in [3.05, 3.63) is 29.3 Å². The predicted molar refractivity (Wildman–Crippen MR) is 110 cm³/mol. The Morgan fingerprint density at radius 1 is 1.33 bits per heavy atom. The number of nitrogens with two attached hydrogens (primary N) is 1. The first-order valence-electron chi connectivity index (χ1n) is 8.57. The van der Waals surface area contributed by atoms with Gasteiger partial charge in [0.1, 0.15) is 0 Å². The predicted octanol–water partition coefficient (Wildman–Crippen LogP) is 2.63. The van der Waals surface area contributed by atoms with Gasteiger partial charge < -0.3 is 15.8 Å². The lowest BCUT2D eigenvalue weighted by molar-refractivity contribution is -0.0850. The van der Waals surface area contributed by atoms with E-state index in [0.29, 0.717) is 12.5 Å². The molecule has 1 aromatic rings. The molecule has 3 N–H and O–H groups in total. The normalized spacial score (nSPS) is 20.3. The molecule has 5 nitrogen and oxygen atoms in total. The molecule has 1 aliphatic carbocycles. The second-order valence-corrected chi connectivity index (χ2v) is 7.11. The Hall–Kier alpha value is -0.860. The van der Waals surface area contributed by atoms with Crippen LogP contribution in [0.3, 0.4) is 0 Å². The number of nitrogens with one attached hydrogen (secondary N) is 1. The van der Waals surface area contributed by atoms with Crippen molar-refractivity contribution in [1.29, 1.82) is 0 Å². The quantitative estimate of drug-likeness (QED) is 0.426. The van der Waals surface area contributed by atoms with Gasteiger partial charge in [-0.05, 0) is 56.4 Å². The SMILES string of the molecule is CC1(C)CN(CCN=C(N)Nc2ccc3c(c2)CCC3)CCO1.I. The first-order valence-corrected chi connectivity index (χ1v) is 8.57. The third-order valence-corrected chi connectivity index (χ3v) is 4.57. The van der Waals surface area contributed by atoms with E-state index in [-0.39, 0.29) is 29.6 Å². The van der Waals surface area contributed by atoms with Crippen molar-refractivity contribution in [3.8, 4) is 0 Å². The minimum absolute atomic E-state index is 0. The van der Waals surface area contributed by atoms with Crippen molar-refractivity contribution in [3.63, 3.8) is 0 Å². The van der Waals surface area contributed by atoms with Crippen LogP contribution in [0.4, 0.5) is 5.69 Å². The molecule has 0 bridgehead atoms. The summed E-state index contributed by atoms with van der Waals surface area (Å²) >= 11 is 0. The van der Waals surface area contributed by atoms with Gasteiger partial charge in [0.05, 0.1) is 18.8 Å². The molecule has 3 rings (SSSR count). The number of benzene rings is 1. The van der Waals surface area contributed by atoms with Crippen LogP contribution in [-0.2, 0) is 17.6 Å². The van der Waals surface area contributed by atoms with Crippen molar-refractivity contribution >= 4 is 35.6 Å². The number of hydrogen-bond donors (Lipinski definition) is 2. The topological polar surface area (TPSA) is 62.9 Å². The molecule has 1 saturated heterocycles. The van der Waals surface area contributed by atoms with E-state index in [4.69, 9.17) is 10.5 Å². The zero-order valence-electron chi connectivity index (χ0n) is 14.7. The number of aliphatic imine (C=N–C) groups is 1. The van der Waals surface area contributed by atoms with Gasteiger partial charge in [-0.1, -0.05) is 6.07 Å². The molecule has 2 aliphatic rings. The highest BCUT2D eigenvalue weighted by Crippen LogP contribution is 2.24. The Labute approximate surface area is 162 Å². The molecule has 1 heterocycles. The Balaban J connectivity index is 0.00000208. The smallest absolute Gasteiger partial charge is 0.193 e. The van der Waals surface area contributed by atoms with Gasteiger partial charge in [-0.2, -0.15) is 0 Å². The molecular formula is C18H29IN4O. The Bertz CT molecular complexity index is 588. The first kappa shape index (κ1) is 19.5. The number of fused-ring (bicyclic) bond motifs is 1. The molecule has 0 spiro atoms. The number of nitrogens with zero attached hydrogens (tertiary/aromatic N) is 2. The fourth-order valence-corrected chi connectivity index (χ4v) is 3.45. The molecule has 0 saturated carbocycles. The number of ether oxygens (including phenoxy) is 1. The van der Waals surface area contributed by atoms with E-state index < -0.39 is 0 Å². The van der Waals surface area contributed by atoms with E-state index in [1.807, 2.05) is 0 Å². The summed E-state index contributed by atoms with van der Waals surface area (Å²) in [6.45, 7) is 8.59.